The third-order valence-corrected chi connectivity index (χ3v) is 4.06. The lowest BCUT2D eigenvalue weighted by molar-refractivity contribution is 0.407. The van der Waals surface area contributed by atoms with Crippen LogP contribution in [0.3, 0.4) is 0 Å². The Morgan fingerprint density at radius 1 is 1.48 bits per heavy atom. The topological polar surface area (TPSA) is 55.9 Å². The minimum absolute atomic E-state index is 0.311. The minimum Gasteiger partial charge on any atom is -0.355 e. The summed E-state index contributed by atoms with van der Waals surface area (Å²) in [6, 6.07) is 6.34. The summed E-state index contributed by atoms with van der Waals surface area (Å²) in [6.45, 7) is 5.71. The first-order valence-corrected chi connectivity index (χ1v) is 7.80. The van der Waals surface area contributed by atoms with E-state index in [1.165, 1.54) is 5.56 Å². The lowest BCUT2D eigenvalue weighted by Gasteiger charge is -2.12. The molecule has 1 N–H and O–H groups in total. The predicted octanol–water partition coefficient (Wildman–Crippen LogP) is 3.09. The van der Waals surface area contributed by atoms with Gasteiger partial charge in [-0.3, -0.25) is 4.68 Å². The van der Waals surface area contributed by atoms with Crippen LogP contribution in [-0.4, -0.2) is 21.0 Å². The van der Waals surface area contributed by atoms with Gasteiger partial charge in [-0.25, -0.2) is 0 Å². The second-order valence-corrected chi connectivity index (χ2v) is 6.13. The quantitative estimate of drug-likeness (QED) is 0.760. The minimum atomic E-state index is 0.311. The molecule has 3 heterocycles. The molecular weight excluding hydrogens is 284 g/mol. The zero-order valence-electron chi connectivity index (χ0n) is 12.1. The van der Waals surface area contributed by atoms with E-state index in [9.17, 15) is 0 Å². The lowest BCUT2D eigenvalue weighted by Crippen LogP contribution is -2.30. The molecule has 0 amide bonds. The van der Waals surface area contributed by atoms with Crippen molar-refractivity contribution in [2.75, 3.05) is 0 Å². The van der Waals surface area contributed by atoms with E-state index in [4.69, 9.17) is 4.52 Å². The van der Waals surface area contributed by atoms with Crippen molar-refractivity contribution in [3.05, 3.63) is 47.2 Å². The third kappa shape index (κ3) is 3.59. The number of rotatable bonds is 6. The number of nitrogens with zero attached hydrogens (tertiary/aromatic N) is 3. The summed E-state index contributed by atoms with van der Waals surface area (Å²) in [6.07, 6.45) is 3.92. The van der Waals surface area contributed by atoms with Crippen LogP contribution in [0.25, 0.3) is 10.6 Å². The Hall–Kier alpha value is -1.92. The summed E-state index contributed by atoms with van der Waals surface area (Å²) in [5.41, 5.74) is 2.10. The van der Waals surface area contributed by atoms with Crippen molar-refractivity contribution < 1.29 is 4.52 Å². The van der Waals surface area contributed by atoms with Crippen LogP contribution >= 0.6 is 11.3 Å². The maximum absolute atomic E-state index is 5.37. The first-order chi connectivity index (χ1) is 10.2. The van der Waals surface area contributed by atoms with E-state index >= 15 is 0 Å². The van der Waals surface area contributed by atoms with Crippen LogP contribution in [0.2, 0.25) is 0 Å². The molecule has 6 heteroatoms. The van der Waals surface area contributed by atoms with Gasteiger partial charge in [-0.15, -0.1) is 11.3 Å². The molecule has 0 aliphatic rings. The zero-order chi connectivity index (χ0) is 14.7. The Kier molecular flexibility index (Phi) is 4.17. The zero-order valence-corrected chi connectivity index (χ0v) is 12.9. The van der Waals surface area contributed by atoms with Crippen LogP contribution in [0, 0.1) is 6.92 Å². The average molecular weight is 302 g/mol. The van der Waals surface area contributed by atoms with Crippen LogP contribution in [0.4, 0.5) is 0 Å². The molecule has 0 radical (unpaired) electrons. The lowest BCUT2D eigenvalue weighted by atomic mass is 10.3. The second-order valence-electron chi connectivity index (χ2n) is 5.18. The van der Waals surface area contributed by atoms with Crippen molar-refractivity contribution in [1.82, 2.24) is 20.3 Å². The molecule has 0 aliphatic carbocycles. The van der Waals surface area contributed by atoms with Crippen molar-refractivity contribution >= 4 is 11.3 Å². The summed E-state index contributed by atoms with van der Waals surface area (Å²) in [4.78, 5) is 1.11. The van der Waals surface area contributed by atoms with Crippen LogP contribution < -0.4 is 5.32 Å². The van der Waals surface area contributed by atoms with Gasteiger partial charge in [0.2, 0.25) is 0 Å². The van der Waals surface area contributed by atoms with Gasteiger partial charge in [-0.05, 0) is 30.9 Å². The number of hydrogen-bond acceptors (Lipinski definition) is 5. The van der Waals surface area contributed by atoms with Gasteiger partial charge in [0, 0.05) is 24.8 Å². The molecule has 0 unspecified atom stereocenters. The summed E-state index contributed by atoms with van der Waals surface area (Å²) in [7, 11) is 0. The molecule has 0 bridgehead atoms. The molecule has 0 aliphatic heterocycles. The normalized spacial score (nSPS) is 12.7. The largest absolute Gasteiger partial charge is 0.355 e. The molecule has 0 saturated heterocycles. The van der Waals surface area contributed by atoms with E-state index in [0.29, 0.717) is 12.6 Å². The van der Waals surface area contributed by atoms with Gasteiger partial charge in [-0.1, -0.05) is 11.2 Å². The van der Waals surface area contributed by atoms with E-state index in [0.717, 1.165) is 22.9 Å². The molecule has 0 spiro atoms. The second kappa shape index (κ2) is 6.24. The van der Waals surface area contributed by atoms with Crippen LogP contribution in [0.5, 0.6) is 0 Å². The average Bonchev–Trinajstić information content (AvgIpc) is 3.17. The highest BCUT2D eigenvalue weighted by atomic mass is 32.1. The highest BCUT2D eigenvalue weighted by Crippen LogP contribution is 2.24. The van der Waals surface area contributed by atoms with Crippen molar-refractivity contribution in [3.63, 3.8) is 0 Å². The standard InChI is InChI=1S/C15H18N4OS/c1-11-7-17-19(9-11)10-12(2)16-8-13-6-14(20-18-13)15-4-3-5-21-15/h3-7,9,12,16H,8,10H2,1-2H3/t12-/m1/s1. The Morgan fingerprint density at radius 2 is 2.38 bits per heavy atom. The van der Waals surface area contributed by atoms with Gasteiger partial charge in [0.25, 0.3) is 0 Å². The van der Waals surface area contributed by atoms with Crippen LogP contribution in [0.15, 0.2) is 40.5 Å². The monoisotopic (exact) mass is 302 g/mol. The van der Waals surface area contributed by atoms with Gasteiger partial charge in [-0.2, -0.15) is 5.10 Å². The number of aryl methyl sites for hydroxylation is 1. The fraction of sp³-hybridized carbons (Fsp3) is 0.333. The molecule has 1 atom stereocenters. The fourth-order valence-electron chi connectivity index (χ4n) is 2.12. The Morgan fingerprint density at radius 3 is 3.10 bits per heavy atom. The van der Waals surface area contributed by atoms with Crippen LogP contribution in [0.1, 0.15) is 18.2 Å². The van der Waals surface area contributed by atoms with Gasteiger partial charge >= 0.3 is 0 Å². The van der Waals surface area contributed by atoms with Gasteiger partial charge < -0.3 is 9.84 Å². The van der Waals surface area contributed by atoms with E-state index in [1.807, 2.05) is 47.6 Å². The number of aromatic nitrogens is 3. The summed E-state index contributed by atoms with van der Waals surface area (Å²) in [5, 5.41) is 13.9. The smallest absolute Gasteiger partial charge is 0.177 e. The molecule has 5 nitrogen and oxygen atoms in total. The molecular formula is C15H18N4OS. The third-order valence-electron chi connectivity index (χ3n) is 3.18. The molecule has 3 rings (SSSR count). The first kappa shape index (κ1) is 14.0. The summed E-state index contributed by atoms with van der Waals surface area (Å²) < 4.78 is 7.32. The van der Waals surface area contributed by atoms with Gasteiger partial charge in [0.05, 0.1) is 23.3 Å². The molecule has 110 valence electrons. The van der Waals surface area contributed by atoms with E-state index in [2.05, 4.69) is 22.5 Å². The molecule has 0 fully saturated rings. The number of nitrogens with one attached hydrogen (secondary N) is 1. The highest BCUT2D eigenvalue weighted by Gasteiger charge is 2.09. The Labute approximate surface area is 127 Å². The Bertz CT molecular complexity index is 686. The van der Waals surface area contributed by atoms with Crippen molar-refractivity contribution in [2.45, 2.75) is 33.0 Å². The fourth-order valence-corrected chi connectivity index (χ4v) is 2.79. The highest BCUT2D eigenvalue weighted by molar-refractivity contribution is 7.13. The SMILES string of the molecule is Cc1cnn(C[C@@H](C)NCc2cc(-c3cccs3)on2)c1. The molecule has 3 aromatic heterocycles. The van der Waals surface area contributed by atoms with Crippen molar-refractivity contribution in [2.24, 2.45) is 0 Å². The van der Waals surface area contributed by atoms with Crippen molar-refractivity contribution in [3.8, 4) is 10.6 Å². The summed E-state index contributed by atoms with van der Waals surface area (Å²) in [5.74, 6) is 0.831. The van der Waals surface area contributed by atoms with Crippen molar-refractivity contribution in [1.29, 1.82) is 0 Å². The molecule has 3 aromatic rings. The Balaban J connectivity index is 1.53. The van der Waals surface area contributed by atoms with Gasteiger partial charge in [0.15, 0.2) is 5.76 Å². The van der Waals surface area contributed by atoms with Gasteiger partial charge in [0.1, 0.15) is 0 Å². The summed E-state index contributed by atoms with van der Waals surface area (Å²) >= 11 is 1.65. The first-order valence-electron chi connectivity index (χ1n) is 6.92. The maximum atomic E-state index is 5.37. The van der Waals surface area contributed by atoms with Crippen LogP contribution in [-0.2, 0) is 13.1 Å². The molecule has 21 heavy (non-hydrogen) atoms. The predicted molar refractivity (Wildman–Crippen MR) is 83.1 cm³/mol. The van der Waals surface area contributed by atoms with E-state index in [-0.39, 0.29) is 0 Å². The molecule has 0 saturated carbocycles. The number of thiophene rings is 1. The molecule has 0 aromatic carbocycles. The van der Waals surface area contributed by atoms with E-state index in [1.54, 1.807) is 11.3 Å². The van der Waals surface area contributed by atoms with E-state index < -0.39 is 0 Å². The maximum Gasteiger partial charge on any atom is 0.177 e. The number of hydrogen-bond donors (Lipinski definition) is 1.